The van der Waals surface area contributed by atoms with E-state index in [0.29, 0.717) is 26.1 Å². The van der Waals surface area contributed by atoms with Gasteiger partial charge in [0.1, 0.15) is 11.9 Å². The first kappa shape index (κ1) is 21.7. The van der Waals surface area contributed by atoms with Crippen molar-refractivity contribution < 1.29 is 27.4 Å². The molecule has 1 amide bonds. The minimum Gasteiger partial charge on any atom is -0.493 e. The normalized spacial score (nSPS) is 19.9. The number of alkyl halides is 3. The van der Waals surface area contributed by atoms with Gasteiger partial charge in [-0.2, -0.15) is 18.3 Å². The van der Waals surface area contributed by atoms with Gasteiger partial charge in [0.15, 0.2) is 0 Å². The maximum absolute atomic E-state index is 12.8. The molecule has 1 aliphatic heterocycles. The van der Waals surface area contributed by atoms with Crippen LogP contribution in [-0.2, 0) is 29.2 Å². The lowest BCUT2D eigenvalue weighted by Crippen LogP contribution is -2.46. The van der Waals surface area contributed by atoms with E-state index in [2.05, 4.69) is 5.10 Å². The summed E-state index contributed by atoms with van der Waals surface area (Å²) in [5.41, 5.74) is 0.902. The lowest BCUT2D eigenvalue weighted by atomic mass is 9.84. The van der Waals surface area contributed by atoms with E-state index in [0.717, 1.165) is 42.8 Å². The van der Waals surface area contributed by atoms with Crippen molar-refractivity contribution in [3.63, 3.8) is 0 Å². The summed E-state index contributed by atoms with van der Waals surface area (Å²) in [6.07, 6.45) is -1.12. The molecule has 1 aromatic carbocycles. The maximum Gasteiger partial charge on any atom is 0.416 e. The Labute approximate surface area is 178 Å². The number of halogens is 3. The van der Waals surface area contributed by atoms with E-state index in [4.69, 9.17) is 9.47 Å². The first-order chi connectivity index (χ1) is 14.8. The number of hydrogen-bond donors (Lipinski definition) is 0. The van der Waals surface area contributed by atoms with Crippen molar-refractivity contribution in [3.05, 3.63) is 47.3 Å². The third kappa shape index (κ3) is 5.03. The largest absolute Gasteiger partial charge is 0.493 e. The van der Waals surface area contributed by atoms with Gasteiger partial charge in [-0.3, -0.25) is 9.48 Å². The highest BCUT2D eigenvalue weighted by atomic mass is 19.4. The van der Waals surface area contributed by atoms with Gasteiger partial charge in [0, 0.05) is 31.6 Å². The predicted molar refractivity (Wildman–Crippen MR) is 106 cm³/mol. The summed E-state index contributed by atoms with van der Waals surface area (Å²) in [6, 6.07) is 6.77. The average Bonchev–Trinajstić information content (AvgIpc) is 3.07. The standard InChI is InChI=1S/C22H26F3N3O3/c1-27-17(8-10-30-18-7-3-6-16(12-18)22(23,24)25)13-19(26-27)20-14-28(9-11-31-20)21(29)15-4-2-5-15/h3,6-7,12-13,15,20H,2,4-5,8-11,14H2,1H3/t20-/m0/s1. The van der Waals surface area contributed by atoms with Crippen LogP contribution in [0, 0.1) is 5.92 Å². The number of morpholine rings is 1. The Bertz CT molecular complexity index is 924. The van der Waals surface area contributed by atoms with Gasteiger partial charge in [0.25, 0.3) is 0 Å². The lowest BCUT2D eigenvalue weighted by Gasteiger charge is -2.36. The van der Waals surface area contributed by atoms with Gasteiger partial charge in [-0.05, 0) is 37.1 Å². The highest BCUT2D eigenvalue weighted by molar-refractivity contribution is 5.79. The molecule has 1 aromatic heterocycles. The van der Waals surface area contributed by atoms with E-state index >= 15 is 0 Å². The summed E-state index contributed by atoms with van der Waals surface area (Å²) in [4.78, 5) is 14.4. The molecule has 1 saturated heterocycles. The van der Waals surface area contributed by atoms with Crippen LogP contribution >= 0.6 is 0 Å². The Morgan fingerprint density at radius 2 is 2.10 bits per heavy atom. The monoisotopic (exact) mass is 437 g/mol. The van der Waals surface area contributed by atoms with Crippen LogP contribution in [0.2, 0.25) is 0 Å². The molecule has 9 heteroatoms. The molecule has 0 spiro atoms. The number of hydrogen-bond acceptors (Lipinski definition) is 4. The molecule has 31 heavy (non-hydrogen) atoms. The predicted octanol–water partition coefficient (Wildman–Crippen LogP) is 3.76. The molecular formula is C22H26F3N3O3. The smallest absolute Gasteiger partial charge is 0.416 e. The zero-order chi connectivity index (χ0) is 22.0. The molecule has 1 saturated carbocycles. The van der Waals surface area contributed by atoms with E-state index in [9.17, 15) is 18.0 Å². The van der Waals surface area contributed by atoms with Crippen molar-refractivity contribution in [1.82, 2.24) is 14.7 Å². The first-order valence-electron chi connectivity index (χ1n) is 10.5. The summed E-state index contributed by atoms with van der Waals surface area (Å²) < 4.78 is 51.6. The van der Waals surface area contributed by atoms with E-state index in [-0.39, 0.29) is 30.3 Å². The maximum atomic E-state index is 12.8. The van der Waals surface area contributed by atoms with Crippen molar-refractivity contribution >= 4 is 5.91 Å². The topological polar surface area (TPSA) is 56.6 Å². The van der Waals surface area contributed by atoms with E-state index in [1.165, 1.54) is 12.1 Å². The Morgan fingerprint density at radius 1 is 1.29 bits per heavy atom. The summed E-state index contributed by atoms with van der Waals surface area (Å²) in [6.45, 7) is 1.80. The number of carbonyl (C=O) groups excluding carboxylic acids is 1. The molecule has 1 aliphatic carbocycles. The molecule has 0 N–H and O–H groups in total. The molecule has 168 valence electrons. The number of ether oxygens (including phenoxy) is 2. The molecule has 0 radical (unpaired) electrons. The van der Waals surface area contributed by atoms with E-state index < -0.39 is 11.7 Å². The van der Waals surface area contributed by atoms with Crippen molar-refractivity contribution in [1.29, 1.82) is 0 Å². The number of nitrogens with zero attached hydrogens (tertiary/aromatic N) is 3. The highest BCUT2D eigenvalue weighted by Gasteiger charge is 2.34. The van der Waals surface area contributed by atoms with Crippen molar-refractivity contribution in [2.45, 2.75) is 38.0 Å². The average molecular weight is 437 g/mol. The number of aryl methyl sites for hydroxylation is 1. The van der Waals surface area contributed by atoms with Gasteiger partial charge in [-0.15, -0.1) is 0 Å². The highest BCUT2D eigenvalue weighted by Crippen LogP contribution is 2.32. The van der Waals surface area contributed by atoms with Gasteiger partial charge >= 0.3 is 6.18 Å². The fourth-order valence-corrected chi connectivity index (χ4v) is 3.90. The number of amides is 1. The minimum absolute atomic E-state index is 0.158. The van der Waals surface area contributed by atoms with Gasteiger partial charge < -0.3 is 14.4 Å². The second kappa shape index (κ2) is 8.90. The molecule has 2 aliphatic rings. The van der Waals surface area contributed by atoms with Crippen LogP contribution in [0.5, 0.6) is 5.75 Å². The van der Waals surface area contributed by atoms with Gasteiger partial charge in [-0.25, -0.2) is 0 Å². The summed E-state index contributed by atoms with van der Waals surface area (Å²) in [7, 11) is 1.81. The van der Waals surface area contributed by atoms with Crippen LogP contribution in [0.15, 0.2) is 30.3 Å². The van der Waals surface area contributed by atoms with Gasteiger partial charge in [0.2, 0.25) is 5.91 Å². The lowest BCUT2D eigenvalue weighted by molar-refractivity contribution is -0.146. The molecule has 2 aromatic rings. The Kier molecular flexibility index (Phi) is 6.22. The number of aromatic nitrogens is 2. The molecule has 6 nitrogen and oxygen atoms in total. The van der Waals surface area contributed by atoms with Crippen molar-refractivity contribution in [3.8, 4) is 5.75 Å². The second-order valence-electron chi connectivity index (χ2n) is 8.08. The summed E-state index contributed by atoms with van der Waals surface area (Å²) in [5.74, 6) is 0.550. The van der Waals surface area contributed by atoms with Crippen LogP contribution in [0.1, 0.15) is 42.3 Å². The van der Waals surface area contributed by atoms with E-state index in [1.807, 2.05) is 18.0 Å². The number of benzene rings is 1. The van der Waals surface area contributed by atoms with Crippen LogP contribution < -0.4 is 4.74 Å². The molecule has 1 atom stereocenters. The zero-order valence-corrected chi connectivity index (χ0v) is 17.4. The molecule has 4 rings (SSSR count). The molecule has 2 fully saturated rings. The third-order valence-corrected chi connectivity index (χ3v) is 5.95. The van der Waals surface area contributed by atoms with Crippen molar-refractivity contribution in [2.75, 3.05) is 26.3 Å². The van der Waals surface area contributed by atoms with Crippen LogP contribution in [0.4, 0.5) is 13.2 Å². The molecule has 0 bridgehead atoms. The third-order valence-electron chi connectivity index (χ3n) is 5.95. The Morgan fingerprint density at radius 3 is 2.81 bits per heavy atom. The van der Waals surface area contributed by atoms with Crippen LogP contribution in [0.3, 0.4) is 0 Å². The van der Waals surface area contributed by atoms with Crippen LogP contribution in [0.25, 0.3) is 0 Å². The second-order valence-corrected chi connectivity index (χ2v) is 8.08. The molecular weight excluding hydrogens is 411 g/mol. The fourth-order valence-electron chi connectivity index (χ4n) is 3.90. The Balaban J connectivity index is 1.34. The Hall–Kier alpha value is -2.55. The zero-order valence-electron chi connectivity index (χ0n) is 17.4. The van der Waals surface area contributed by atoms with Gasteiger partial charge in [-0.1, -0.05) is 12.5 Å². The van der Waals surface area contributed by atoms with Gasteiger partial charge in [0.05, 0.1) is 31.0 Å². The number of rotatable bonds is 6. The molecule has 2 heterocycles. The summed E-state index contributed by atoms with van der Waals surface area (Å²) in [5, 5.41) is 4.53. The number of carbonyl (C=O) groups is 1. The minimum atomic E-state index is -4.40. The SMILES string of the molecule is Cn1nc([C@@H]2CN(C(=O)C3CCC3)CCO2)cc1CCOc1cccc(C(F)(F)F)c1. The van der Waals surface area contributed by atoms with Crippen LogP contribution in [-0.4, -0.2) is 46.9 Å². The fraction of sp³-hybridized carbons (Fsp3) is 0.545. The quantitative estimate of drug-likeness (QED) is 0.691. The first-order valence-corrected chi connectivity index (χ1v) is 10.5. The summed E-state index contributed by atoms with van der Waals surface area (Å²) >= 11 is 0. The van der Waals surface area contributed by atoms with Crippen molar-refractivity contribution in [2.24, 2.45) is 13.0 Å². The van der Waals surface area contributed by atoms with E-state index in [1.54, 1.807) is 4.68 Å². The molecule has 0 unspecified atom stereocenters.